The molecule has 0 fully saturated rings. The summed E-state index contributed by atoms with van der Waals surface area (Å²) >= 11 is 6.00. The molecular weight excluding hydrogens is 304 g/mol. The number of aromatic nitrogens is 5. The van der Waals surface area contributed by atoms with Crippen LogP contribution < -0.4 is 0 Å². The number of H-pyrrole nitrogens is 2. The van der Waals surface area contributed by atoms with Crippen molar-refractivity contribution in [2.75, 3.05) is 7.05 Å². The number of benzene rings is 1. The van der Waals surface area contributed by atoms with Crippen molar-refractivity contribution < 1.29 is 4.79 Å². The van der Waals surface area contributed by atoms with Crippen molar-refractivity contribution in [3.8, 4) is 11.3 Å². The van der Waals surface area contributed by atoms with Gasteiger partial charge in [0.25, 0.3) is 5.91 Å². The fraction of sp³-hybridized carbons (Fsp3) is 0.143. The molecule has 2 heterocycles. The Morgan fingerprint density at radius 1 is 1.32 bits per heavy atom. The van der Waals surface area contributed by atoms with Crippen LogP contribution in [0.25, 0.3) is 11.3 Å². The van der Waals surface area contributed by atoms with Crippen LogP contribution in [0.5, 0.6) is 0 Å². The van der Waals surface area contributed by atoms with Crippen LogP contribution in [-0.2, 0) is 6.54 Å². The molecule has 1 amide bonds. The highest BCUT2D eigenvalue weighted by molar-refractivity contribution is 6.30. The molecule has 22 heavy (non-hydrogen) atoms. The van der Waals surface area contributed by atoms with Gasteiger partial charge in [-0.2, -0.15) is 20.5 Å². The van der Waals surface area contributed by atoms with E-state index in [9.17, 15) is 4.79 Å². The standard InChI is InChI=1S/C14H13ClN6O/c1-21(8-11-6-17-20-18-11)14(22)12-7-16-19-13(12)9-3-2-4-10(15)5-9/h2-7H,8H2,1H3,(H,16,19)(H,17,18,20). The summed E-state index contributed by atoms with van der Waals surface area (Å²) in [5.74, 6) is -0.160. The number of nitrogens with zero attached hydrogens (tertiary/aromatic N) is 4. The Hall–Kier alpha value is -2.67. The summed E-state index contributed by atoms with van der Waals surface area (Å²) in [6, 6.07) is 7.25. The second-order valence-electron chi connectivity index (χ2n) is 4.79. The van der Waals surface area contributed by atoms with Gasteiger partial charge in [0.15, 0.2) is 0 Å². The minimum atomic E-state index is -0.160. The average molecular weight is 317 g/mol. The molecule has 0 aliphatic rings. The molecule has 0 saturated carbocycles. The number of aromatic amines is 2. The zero-order valence-electron chi connectivity index (χ0n) is 11.7. The fourth-order valence-electron chi connectivity index (χ4n) is 2.13. The average Bonchev–Trinajstić information content (AvgIpc) is 3.17. The first-order chi connectivity index (χ1) is 10.6. The van der Waals surface area contributed by atoms with E-state index in [2.05, 4.69) is 25.6 Å². The second-order valence-corrected chi connectivity index (χ2v) is 5.23. The van der Waals surface area contributed by atoms with Gasteiger partial charge in [0, 0.05) is 17.6 Å². The smallest absolute Gasteiger partial charge is 0.257 e. The molecule has 2 aromatic heterocycles. The van der Waals surface area contributed by atoms with Crippen molar-refractivity contribution in [3.05, 3.63) is 52.9 Å². The van der Waals surface area contributed by atoms with Crippen LogP contribution in [-0.4, -0.2) is 43.5 Å². The monoisotopic (exact) mass is 316 g/mol. The highest BCUT2D eigenvalue weighted by Crippen LogP contribution is 2.24. The van der Waals surface area contributed by atoms with Crippen LogP contribution >= 0.6 is 11.6 Å². The first-order valence-electron chi connectivity index (χ1n) is 6.54. The van der Waals surface area contributed by atoms with E-state index in [1.54, 1.807) is 30.3 Å². The molecule has 0 saturated heterocycles. The van der Waals surface area contributed by atoms with Crippen LogP contribution in [0.4, 0.5) is 0 Å². The zero-order valence-corrected chi connectivity index (χ0v) is 12.5. The summed E-state index contributed by atoms with van der Waals surface area (Å²) in [4.78, 5) is 14.1. The van der Waals surface area contributed by atoms with E-state index in [0.29, 0.717) is 28.5 Å². The summed E-state index contributed by atoms with van der Waals surface area (Å²) < 4.78 is 0. The van der Waals surface area contributed by atoms with E-state index in [4.69, 9.17) is 11.6 Å². The molecule has 3 rings (SSSR count). The highest BCUT2D eigenvalue weighted by atomic mass is 35.5. The zero-order chi connectivity index (χ0) is 15.5. The molecule has 7 nitrogen and oxygen atoms in total. The van der Waals surface area contributed by atoms with E-state index in [-0.39, 0.29) is 5.91 Å². The summed E-state index contributed by atoms with van der Waals surface area (Å²) in [5.41, 5.74) is 2.61. The van der Waals surface area contributed by atoms with E-state index in [1.165, 1.54) is 6.20 Å². The maximum atomic E-state index is 12.6. The van der Waals surface area contributed by atoms with Crippen LogP contribution in [0.1, 0.15) is 16.1 Å². The number of carbonyl (C=O) groups is 1. The Bertz CT molecular complexity index is 782. The first kappa shape index (κ1) is 14.3. The van der Waals surface area contributed by atoms with Gasteiger partial charge in [0.2, 0.25) is 0 Å². The SMILES string of the molecule is CN(Cc1cn[nH]n1)C(=O)c1cn[nH]c1-c1cccc(Cl)c1. The molecule has 0 radical (unpaired) electrons. The Kier molecular flexibility index (Phi) is 3.88. The Balaban J connectivity index is 1.86. The number of nitrogens with one attached hydrogen (secondary N) is 2. The van der Waals surface area contributed by atoms with Crippen LogP contribution in [0.15, 0.2) is 36.7 Å². The second kappa shape index (κ2) is 5.98. The number of rotatable bonds is 4. The normalized spacial score (nSPS) is 10.6. The van der Waals surface area contributed by atoms with Gasteiger partial charge < -0.3 is 4.90 Å². The largest absolute Gasteiger partial charge is 0.336 e. The van der Waals surface area contributed by atoms with Crippen LogP contribution in [0.2, 0.25) is 5.02 Å². The van der Waals surface area contributed by atoms with Crippen molar-refractivity contribution in [1.82, 2.24) is 30.5 Å². The van der Waals surface area contributed by atoms with E-state index in [0.717, 1.165) is 5.56 Å². The Morgan fingerprint density at radius 3 is 2.91 bits per heavy atom. The summed E-state index contributed by atoms with van der Waals surface area (Å²) in [6.07, 6.45) is 3.09. The summed E-state index contributed by atoms with van der Waals surface area (Å²) in [6.45, 7) is 0.357. The minimum Gasteiger partial charge on any atom is -0.336 e. The van der Waals surface area contributed by atoms with Gasteiger partial charge in [0.1, 0.15) is 5.69 Å². The van der Waals surface area contributed by atoms with Crippen molar-refractivity contribution in [1.29, 1.82) is 0 Å². The van der Waals surface area contributed by atoms with Gasteiger partial charge in [-0.3, -0.25) is 9.89 Å². The lowest BCUT2D eigenvalue weighted by atomic mass is 10.1. The minimum absolute atomic E-state index is 0.160. The molecule has 0 atom stereocenters. The topological polar surface area (TPSA) is 90.6 Å². The number of carbonyl (C=O) groups excluding carboxylic acids is 1. The molecule has 0 spiro atoms. The Morgan fingerprint density at radius 2 is 2.18 bits per heavy atom. The van der Waals surface area contributed by atoms with Crippen molar-refractivity contribution >= 4 is 17.5 Å². The predicted octanol–water partition coefficient (Wildman–Crippen LogP) is 2.12. The Labute approximate surface area is 131 Å². The summed E-state index contributed by atoms with van der Waals surface area (Å²) in [7, 11) is 1.70. The lowest BCUT2D eigenvalue weighted by Gasteiger charge is -2.15. The molecule has 2 N–H and O–H groups in total. The summed E-state index contributed by atoms with van der Waals surface area (Å²) in [5, 5.41) is 17.6. The lowest BCUT2D eigenvalue weighted by molar-refractivity contribution is 0.0784. The third-order valence-corrected chi connectivity index (χ3v) is 3.43. The maximum absolute atomic E-state index is 12.6. The molecule has 8 heteroatoms. The van der Waals surface area contributed by atoms with E-state index < -0.39 is 0 Å². The fourth-order valence-corrected chi connectivity index (χ4v) is 2.32. The molecule has 0 aliphatic heterocycles. The third-order valence-electron chi connectivity index (χ3n) is 3.19. The number of halogens is 1. The number of amides is 1. The van der Waals surface area contributed by atoms with Gasteiger partial charge in [-0.05, 0) is 12.1 Å². The van der Waals surface area contributed by atoms with Crippen molar-refractivity contribution in [2.24, 2.45) is 0 Å². The first-order valence-corrected chi connectivity index (χ1v) is 6.92. The van der Waals surface area contributed by atoms with Gasteiger partial charge in [-0.15, -0.1) is 0 Å². The van der Waals surface area contributed by atoms with Gasteiger partial charge >= 0.3 is 0 Å². The molecule has 1 aromatic carbocycles. The van der Waals surface area contributed by atoms with Crippen LogP contribution in [0, 0.1) is 0 Å². The number of hydrogen-bond acceptors (Lipinski definition) is 4. The molecular formula is C14H13ClN6O. The van der Waals surface area contributed by atoms with E-state index in [1.807, 2.05) is 12.1 Å². The molecule has 0 bridgehead atoms. The van der Waals surface area contributed by atoms with Gasteiger partial charge in [-0.25, -0.2) is 0 Å². The third kappa shape index (κ3) is 2.84. The molecule has 0 unspecified atom stereocenters. The van der Waals surface area contributed by atoms with Crippen molar-refractivity contribution in [2.45, 2.75) is 6.54 Å². The van der Waals surface area contributed by atoms with E-state index >= 15 is 0 Å². The molecule has 112 valence electrons. The quantitative estimate of drug-likeness (QED) is 0.771. The maximum Gasteiger partial charge on any atom is 0.257 e. The lowest BCUT2D eigenvalue weighted by Crippen LogP contribution is -2.26. The predicted molar refractivity (Wildman–Crippen MR) is 81.2 cm³/mol. The van der Waals surface area contributed by atoms with Crippen LogP contribution in [0.3, 0.4) is 0 Å². The number of hydrogen-bond donors (Lipinski definition) is 2. The van der Waals surface area contributed by atoms with Crippen molar-refractivity contribution in [3.63, 3.8) is 0 Å². The van der Waals surface area contributed by atoms with Gasteiger partial charge in [-0.1, -0.05) is 23.7 Å². The van der Waals surface area contributed by atoms with Gasteiger partial charge in [0.05, 0.1) is 30.2 Å². The highest BCUT2D eigenvalue weighted by Gasteiger charge is 2.19. The molecule has 3 aromatic rings. The molecule has 0 aliphatic carbocycles.